The molecular formula is C22H23N5O5S. The van der Waals surface area contributed by atoms with Gasteiger partial charge in [0.05, 0.1) is 23.6 Å². The van der Waals surface area contributed by atoms with Crippen molar-refractivity contribution in [2.24, 2.45) is 0 Å². The number of nitro groups is 1. The van der Waals surface area contributed by atoms with Gasteiger partial charge >= 0.3 is 12.0 Å². The molecule has 2 aromatic rings. The third-order valence-corrected chi connectivity index (χ3v) is 5.49. The van der Waals surface area contributed by atoms with Crippen molar-refractivity contribution in [1.29, 1.82) is 0 Å². The molecule has 1 aliphatic rings. The fourth-order valence-electron chi connectivity index (χ4n) is 3.51. The zero-order valence-corrected chi connectivity index (χ0v) is 19.1. The van der Waals surface area contributed by atoms with Gasteiger partial charge in [-0.2, -0.15) is 0 Å². The lowest BCUT2D eigenvalue weighted by molar-refractivity contribution is -0.384. The van der Waals surface area contributed by atoms with E-state index in [1.54, 1.807) is 24.3 Å². The molecule has 0 radical (unpaired) electrons. The maximum Gasteiger partial charge on any atom is 0.337 e. The standard InChI is InChI=1S/C22H23N5O5S/c1-4-26-13(2)18(20(28)32-3)19(25-22(26)33)14-5-7-15(8-6-14)23-21(29)24-16-9-11-17(12-10-16)27(30)31/h5-12,19H,4H2,1-3H3,(H,25,33)(H2,23,24,29). The van der Waals surface area contributed by atoms with Crippen LogP contribution >= 0.6 is 12.2 Å². The molecule has 33 heavy (non-hydrogen) atoms. The molecule has 1 aliphatic heterocycles. The van der Waals surface area contributed by atoms with Gasteiger partial charge in [-0.1, -0.05) is 12.1 Å². The fourth-order valence-corrected chi connectivity index (χ4v) is 3.89. The maximum absolute atomic E-state index is 12.5. The van der Waals surface area contributed by atoms with E-state index in [2.05, 4.69) is 16.0 Å². The second kappa shape index (κ2) is 10.1. The smallest absolute Gasteiger partial charge is 0.337 e. The Morgan fingerprint density at radius 2 is 1.67 bits per heavy atom. The number of carbonyl (C=O) groups excluding carboxylic acids is 2. The molecule has 0 saturated heterocycles. The number of non-ortho nitro benzene ring substituents is 1. The minimum Gasteiger partial charge on any atom is -0.466 e. The highest BCUT2D eigenvalue weighted by atomic mass is 32.1. The molecule has 3 rings (SSSR count). The molecule has 2 aromatic carbocycles. The van der Waals surface area contributed by atoms with Gasteiger partial charge in [-0.05, 0) is 55.9 Å². The molecule has 0 aromatic heterocycles. The summed E-state index contributed by atoms with van der Waals surface area (Å²) in [4.78, 5) is 36.8. The number of carbonyl (C=O) groups is 2. The van der Waals surface area contributed by atoms with Crippen LogP contribution in [-0.2, 0) is 9.53 Å². The molecule has 11 heteroatoms. The Hall–Kier alpha value is -3.99. The highest BCUT2D eigenvalue weighted by Crippen LogP contribution is 2.31. The molecule has 1 atom stereocenters. The first-order chi connectivity index (χ1) is 15.7. The molecule has 0 bridgehead atoms. The van der Waals surface area contributed by atoms with Gasteiger partial charge < -0.3 is 25.6 Å². The second-order valence-electron chi connectivity index (χ2n) is 7.12. The Balaban J connectivity index is 1.74. The molecule has 10 nitrogen and oxygen atoms in total. The van der Waals surface area contributed by atoms with E-state index in [1.807, 2.05) is 18.7 Å². The van der Waals surface area contributed by atoms with Crippen LogP contribution in [0.25, 0.3) is 0 Å². The van der Waals surface area contributed by atoms with Crippen molar-refractivity contribution in [3.8, 4) is 0 Å². The maximum atomic E-state index is 12.5. The Kier molecular flexibility index (Phi) is 7.23. The molecule has 0 aliphatic carbocycles. The van der Waals surface area contributed by atoms with Crippen LogP contribution < -0.4 is 16.0 Å². The number of amides is 2. The van der Waals surface area contributed by atoms with Crippen molar-refractivity contribution in [3.05, 3.63) is 75.5 Å². The van der Waals surface area contributed by atoms with E-state index in [-0.39, 0.29) is 5.69 Å². The van der Waals surface area contributed by atoms with Crippen molar-refractivity contribution in [1.82, 2.24) is 10.2 Å². The number of anilines is 2. The lowest BCUT2D eigenvalue weighted by Crippen LogP contribution is -2.47. The number of allylic oxidation sites excluding steroid dienone is 1. The monoisotopic (exact) mass is 469 g/mol. The van der Waals surface area contributed by atoms with E-state index in [0.717, 1.165) is 11.3 Å². The van der Waals surface area contributed by atoms with Crippen molar-refractivity contribution in [2.75, 3.05) is 24.3 Å². The van der Waals surface area contributed by atoms with Gasteiger partial charge in [-0.15, -0.1) is 0 Å². The van der Waals surface area contributed by atoms with Crippen LogP contribution in [0.4, 0.5) is 21.9 Å². The third kappa shape index (κ3) is 5.26. The number of thiocarbonyl (C=S) groups is 1. The zero-order chi connectivity index (χ0) is 24.1. The highest BCUT2D eigenvalue weighted by Gasteiger charge is 2.33. The van der Waals surface area contributed by atoms with Crippen LogP contribution in [0, 0.1) is 10.1 Å². The first kappa shape index (κ1) is 23.7. The minimum atomic E-state index is -0.513. The molecule has 0 saturated carbocycles. The molecular weight excluding hydrogens is 446 g/mol. The molecule has 0 spiro atoms. The van der Waals surface area contributed by atoms with Crippen LogP contribution in [0.2, 0.25) is 0 Å². The summed E-state index contributed by atoms with van der Waals surface area (Å²) in [7, 11) is 1.33. The number of benzene rings is 2. The number of ether oxygens (including phenoxy) is 1. The summed E-state index contributed by atoms with van der Waals surface area (Å²) in [6.45, 7) is 4.38. The number of esters is 1. The molecule has 1 unspecified atom stereocenters. The summed E-state index contributed by atoms with van der Waals surface area (Å²) < 4.78 is 4.98. The third-order valence-electron chi connectivity index (χ3n) is 5.16. The topological polar surface area (TPSA) is 126 Å². The Morgan fingerprint density at radius 1 is 1.12 bits per heavy atom. The summed E-state index contributed by atoms with van der Waals surface area (Å²) >= 11 is 5.45. The molecule has 1 heterocycles. The van der Waals surface area contributed by atoms with Crippen molar-refractivity contribution < 1.29 is 19.2 Å². The van der Waals surface area contributed by atoms with Crippen LogP contribution in [0.5, 0.6) is 0 Å². The van der Waals surface area contributed by atoms with Gasteiger partial charge in [0.15, 0.2) is 5.11 Å². The van der Waals surface area contributed by atoms with Crippen molar-refractivity contribution in [3.63, 3.8) is 0 Å². The predicted molar refractivity (Wildman–Crippen MR) is 128 cm³/mol. The number of hydrogen-bond donors (Lipinski definition) is 3. The van der Waals surface area contributed by atoms with Crippen LogP contribution in [0.15, 0.2) is 59.8 Å². The van der Waals surface area contributed by atoms with E-state index in [1.165, 1.54) is 31.4 Å². The second-order valence-corrected chi connectivity index (χ2v) is 7.51. The average Bonchev–Trinajstić information content (AvgIpc) is 2.79. The average molecular weight is 470 g/mol. The largest absolute Gasteiger partial charge is 0.466 e. The van der Waals surface area contributed by atoms with Gasteiger partial charge in [0.1, 0.15) is 0 Å². The van der Waals surface area contributed by atoms with Crippen molar-refractivity contribution >= 4 is 46.4 Å². The summed E-state index contributed by atoms with van der Waals surface area (Å²) in [5, 5.41) is 19.7. The van der Waals surface area contributed by atoms with Crippen LogP contribution in [-0.4, -0.2) is 40.6 Å². The Bertz CT molecular complexity index is 1120. The van der Waals surface area contributed by atoms with E-state index in [4.69, 9.17) is 17.0 Å². The lowest BCUT2D eigenvalue weighted by atomic mass is 9.95. The molecule has 2 amide bonds. The summed E-state index contributed by atoms with van der Waals surface area (Å²) in [6.07, 6.45) is 0. The van der Waals surface area contributed by atoms with Gasteiger partial charge in [0, 0.05) is 35.7 Å². The Morgan fingerprint density at radius 3 is 2.15 bits per heavy atom. The zero-order valence-electron chi connectivity index (χ0n) is 18.2. The number of hydrogen-bond acceptors (Lipinski definition) is 6. The lowest BCUT2D eigenvalue weighted by Gasteiger charge is -2.36. The summed E-state index contributed by atoms with van der Waals surface area (Å²) in [6, 6.07) is 11.5. The van der Waals surface area contributed by atoms with Gasteiger partial charge in [0.25, 0.3) is 5.69 Å². The summed E-state index contributed by atoms with van der Waals surface area (Å²) in [5.74, 6) is -0.448. The Labute approximate surface area is 195 Å². The first-order valence-corrected chi connectivity index (χ1v) is 10.5. The quantitative estimate of drug-likeness (QED) is 0.251. The normalized spacial score (nSPS) is 15.5. The molecule has 172 valence electrons. The van der Waals surface area contributed by atoms with Gasteiger partial charge in [0.2, 0.25) is 0 Å². The number of rotatable bonds is 6. The van der Waals surface area contributed by atoms with Gasteiger partial charge in [-0.3, -0.25) is 10.1 Å². The van der Waals surface area contributed by atoms with Crippen molar-refractivity contribution in [2.45, 2.75) is 19.9 Å². The van der Waals surface area contributed by atoms with E-state index >= 15 is 0 Å². The number of methoxy groups -OCH3 is 1. The molecule has 3 N–H and O–H groups in total. The number of nitrogens with one attached hydrogen (secondary N) is 3. The SMILES string of the molecule is CCN1C(=S)NC(c2ccc(NC(=O)Nc3ccc([N+](=O)[O-])cc3)cc2)C(C(=O)OC)=C1C. The number of nitrogens with zero attached hydrogens (tertiary/aromatic N) is 2. The molecule has 0 fully saturated rings. The van der Waals surface area contributed by atoms with Gasteiger partial charge in [-0.25, -0.2) is 9.59 Å². The van der Waals surface area contributed by atoms with E-state index in [0.29, 0.717) is 28.6 Å². The predicted octanol–water partition coefficient (Wildman–Crippen LogP) is 3.94. The first-order valence-electron chi connectivity index (χ1n) is 10.0. The van der Waals surface area contributed by atoms with Crippen LogP contribution in [0.1, 0.15) is 25.5 Å². The fraction of sp³-hybridized carbons (Fsp3) is 0.227. The van der Waals surface area contributed by atoms with Crippen LogP contribution in [0.3, 0.4) is 0 Å². The van der Waals surface area contributed by atoms with E-state index < -0.39 is 23.0 Å². The number of nitro benzene ring substituents is 1. The summed E-state index contributed by atoms with van der Waals surface area (Å²) in [5.41, 5.74) is 2.83. The number of urea groups is 1. The highest BCUT2D eigenvalue weighted by molar-refractivity contribution is 7.80. The van der Waals surface area contributed by atoms with E-state index in [9.17, 15) is 19.7 Å². The minimum absolute atomic E-state index is 0.0648.